The maximum atomic E-state index is 11.6. The number of carbonyl (C=O) groups excluding carboxylic acids is 2. The van der Waals surface area contributed by atoms with Crippen LogP contribution in [0.15, 0.2) is 0 Å². The topological polar surface area (TPSA) is 70.2 Å². The summed E-state index contributed by atoms with van der Waals surface area (Å²) in [5, 5.41) is 8.36. The van der Waals surface area contributed by atoms with Gasteiger partial charge in [-0.15, -0.1) is 0 Å². The highest BCUT2D eigenvalue weighted by molar-refractivity contribution is 5.89. The minimum atomic E-state index is -0.428. The highest BCUT2D eigenvalue weighted by atomic mass is 16.2. The molecule has 1 heterocycles. The van der Waals surface area contributed by atoms with Crippen molar-refractivity contribution >= 4 is 11.8 Å². The third kappa shape index (κ3) is 2.92. The van der Waals surface area contributed by atoms with Crippen LogP contribution < -0.4 is 16.0 Å². The lowest BCUT2D eigenvalue weighted by Gasteiger charge is -2.29. The highest BCUT2D eigenvalue weighted by Crippen LogP contribution is 2.06. The van der Waals surface area contributed by atoms with E-state index >= 15 is 0 Å². The SMILES string of the molecule is CNC(=O)C(NC(=O)C1CNC1)C(C)C. The second kappa shape index (κ2) is 5.11. The molecule has 1 aliphatic heterocycles. The van der Waals surface area contributed by atoms with E-state index in [1.54, 1.807) is 7.05 Å². The fourth-order valence-corrected chi connectivity index (χ4v) is 1.44. The third-order valence-corrected chi connectivity index (χ3v) is 2.65. The Labute approximate surface area is 90.0 Å². The summed E-state index contributed by atoms with van der Waals surface area (Å²) >= 11 is 0. The molecule has 5 heteroatoms. The fraction of sp³-hybridized carbons (Fsp3) is 0.800. The highest BCUT2D eigenvalue weighted by Gasteiger charge is 2.29. The van der Waals surface area contributed by atoms with Gasteiger partial charge >= 0.3 is 0 Å². The van der Waals surface area contributed by atoms with E-state index in [2.05, 4.69) is 16.0 Å². The van der Waals surface area contributed by atoms with Crippen LogP contribution >= 0.6 is 0 Å². The summed E-state index contributed by atoms with van der Waals surface area (Å²) in [4.78, 5) is 23.1. The molecule has 1 aliphatic rings. The monoisotopic (exact) mass is 213 g/mol. The van der Waals surface area contributed by atoms with E-state index in [1.165, 1.54) is 0 Å². The Morgan fingerprint density at radius 2 is 1.93 bits per heavy atom. The number of carbonyl (C=O) groups is 2. The molecule has 0 radical (unpaired) electrons. The Morgan fingerprint density at radius 3 is 2.27 bits per heavy atom. The van der Waals surface area contributed by atoms with Crippen LogP contribution in [0.5, 0.6) is 0 Å². The largest absolute Gasteiger partial charge is 0.357 e. The molecular weight excluding hydrogens is 194 g/mol. The van der Waals surface area contributed by atoms with Crippen LogP contribution in [0.2, 0.25) is 0 Å². The predicted octanol–water partition coefficient (Wildman–Crippen LogP) is -0.907. The average molecular weight is 213 g/mol. The molecular formula is C10H19N3O2. The Balaban J connectivity index is 2.49. The molecule has 15 heavy (non-hydrogen) atoms. The molecule has 1 rings (SSSR count). The Bertz CT molecular complexity index is 249. The molecule has 0 saturated carbocycles. The van der Waals surface area contributed by atoms with Crippen LogP contribution in [-0.4, -0.2) is 38.0 Å². The summed E-state index contributed by atoms with van der Waals surface area (Å²) in [5.74, 6) is -0.0421. The molecule has 3 N–H and O–H groups in total. The van der Waals surface area contributed by atoms with E-state index in [1.807, 2.05) is 13.8 Å². The molecule has 0 aromatic rings. The van der Waals surface area contributed by atoms with Crippen LogP contribution in [0, 0.1) is 11.8 Å². The number of likely N-dealkylation sites (N-methyl/N-ethyl adjacent to an activating group) is 1. The van der Waals surface area contributed by atoms with E-state index in [9.17, 15) is 9.59 Å². The molecule has 0 aromatic carbocycles. The van der Waals surface area contributed by atoms with Gasteiger partial charge in [-0.2, -0.15) is 0 Å². The van der Waals surface area contributed by atoms with Gasteiger partial charge in [-0.3, -0.25) is 9.59 Å². The normalized spacial score (nSPS) is 18.1. The summed E-state index contributed by atoms with van der Waals surface area (Å²) in [7, 11) is 1.58. The summed E-state index contributed by atoms with van der Waals surface area (Å²) < 4.78 is 0. The van der Waals surface area contributed by atoms with Gasteiger partial charge in [0.1, 0.15) is 6.04 Å². The number of hydrogen-bond donors (Lipinski definition) is 3. The van der Waals surface area contributed by atoms with E-state index in [-0.39, 0.29) is 23.7 Å². The fourth-order valence-electron chi connectivity index (χ4n) is 1.44. The van der Waals surface area contributed by atoms with Crippen LogP contribution in [-0.2, 0) is 9.59 Å². The first-order chi connectivity index (χ1) is 7.06. The molecule has 86 valence electrons. The number of hydrogen-bond acceptors (Lipinski definition) is 3. The first-order valence-electron chi connectivity index (χ1n) is 5.29. The van der Waals surface area contributed by atoms with E-state index in [0.29, 0.717) is 13.1 Å². The zero-order valence-electron chi connectivity index (χ0n) is 9.46. The van der Waals surface area contributed by atoms with Crippen molar-refractivity contribution in [3.8, 4) is 0 Å². The first-order valence-corrected chi connectivity index (χ1v) is 5.29. The maximum Gasteiger partial charge on any atom is 0.242 e. The average Bonchev–Trinajstić information content (AvgIpc) is 2.09. The predicted molar refractivity (Wildman–Crippen MR) is 57.2 cm³/mol. The molecule has 5 nitrogen and oxygen atoms in total. The summed E-state index contributed by atoms with van der Waals surface area (Å²) in [6.45, 7) is 5.26. The van der Waals surface area contributed by atoms with Gasteiger partial charge in [0.05, 0.1) is 5.92 Å². The number of nitrogens with one attached hydrogen (secondary N) is 3. The summed E-state index contributed by atoms with van der Waals surface area (Å²) in [5.41, 5.74) is 0. The van der Waals surface area contributed by atoms with E-state index in [0.717, 1.165) is 0 Å². The Morgan fingerprint density at radius 1 is 1.33 bits per heavy atom. The van der Waals surface area contributed by atoms with Crippen molar-refractivity contribution in [2.24, 2.45) is 11.8 Å². The molecule has 0 aromatic heterocycles. The summed E-state index contributed by atoms with van der Waals surface area (Å²) in [6, 6.07) is -0.428. The van der Waals surface area contributed by atoms with Crippen molar-refractivity contribution < 1.29 is 9.59 Å². The van der Waals surface area contributed by atoms with Crippen molar-refractivity contribution in [1.82, 2.24) is 16.0 Å². The number of rotatable bonds is 4. The second-order valence-electron chi connectivity index (χ2n) is 4.20. The van der Waals surface area contributed by atoms with Gasteiger partial charge in [0, 0.05) is 20.1 Å². The second-order valence-corrected chi connectivity index (χ2v) is 4.20. The molecule has 0 bridgehead atoms. The van der Waals surface area contributed by atoms with Crippen LogP contribution in [0.1, 0.15) is 13.8 Å². The van der Waals surface area contributed by atoms with Crippen molar-refractivity contribution in [2.75, 3.05) is 20.1 Å². The lowest BCUT2D eigenvalue weighted by Crippen LogP contribution is -2.56. The molecule has 2 amide bonds. The lowest BCUT2D eigenvalue weighted by molar-refractivity contribution is -0.132. The van der Waals surface area contributed by atoms with Gasteiger partial charge in [0.15, 0.2) is 0 Å². The molecule has 1 saturated heterocycles. The van der Waals surface area contributed by atoms with Gasteiger partial charge in [0.25, 0.3) is 0 Å². The van der Waals surface area contributed by atoms with Crippen molar-refractivity contribution in [3.05, 3.63) is 0 Å². The van der Waals surface area contributed by atoms with Crippen LogP contribution in [0.25, 0.3) is 0 Å². The quantitative estimate of drug-likeness (QED) is 0.566. The van der Waals surface area contributed by atoms with Gasteiger partial charge in [-0.25, -0.2) is 0 Å². The molecule has 1 unspecified atom stereocenters. The van der Waals surface area contributed by atoms with Gasteiger partial charge < -0.3 is 16.0 Å². The van der Waals surface area contributed by atoms with Gasteiger partial charge in [0.2, 0.25) is 11.8 Å². The molecule has 1 atom stereocenters. The first kappa shape index (κ1) is 12.0. The van der Waals surface area contributed by atoms with Gasteiger partial charge in [-0.1, -0.05) is 13.8 Å². The van der Waals surface area contributed by atoms with Crippen molar-refractivity contribution in [2.45, 2.75) is 19.9 Å². The van der Waals surface area contributed by atoms with Crippen LogP contribution in [0.4, 0.5) is 0 Å². The maximum absolute atomic E-state index is 11.6. The third-order valence-electron chi connectivity index (χ3n) is 2.65. The zero-order valence-corrected chi connectivity index (χ0v) is 9.46. The van der Waals surface area contributed by atoms with Gasteiger partial charge in [-0.05, 0) is 5.92 Å². The van der Waals surface area contributed by atoms with Crippen LogP contribution in [0.3, 0.4) is 0 Å². The molecule has 0 aliphatic carbocycles. The minimum absolute atomic E-state index is 0.0240. The summed E-state index contributed by atoms with van der Waals surface area (Å²) in [6.07, 6.45) is 0. The Kier molecular flexibility index (Phi) is 4.08. The Hall–Kier alpha value is -1.10. The lowest BCUT2D eigenvalue weighted by atomic mass is 9.99. The smallest absolute Gasteiger partial charge is 0.242 e. The van der Waals surface area contributed by atoms with E-state index in [4.69, 9.17) is 0 Å². The standard InChI is InChI=1S/C10H19N3O2/c1-6(2)8(10(15)11-3)13-9(14)7-4-12-5-7/h6-8,12H,4-5H2,1-3H3,(H,11,15)(H,13,14). The van der Waals surface area contributed by atoms with Crippen molar-refractivity contribution in [3.63, 3.8) is 0 Å². The molecule has 1 fully saturated rings. The molecule has 0 spiro atoms. The van der Waals surface area contributed by atoms with Crippen molar-refractivity contribution in [1.29, 1.82) is 0 Å². The minimum Gasteiger partial charge on any atom is -0.357 e. The van der Waals surface area contributed by atoms with E-state index < -0.39 is 6.04 Å². The number of amides is 2. The zero-order chi connectivity index (χ0) is 11.4.